The van der Waals surface area contributed by atoms with Crippen LogP contribution >= 0.6 is 0 Å². The van der Waals surface area contributed by atoms with E-state index in [1.54, 1.807) is 35.2 Å². The third-order valence-electron chi connectivity index (χ3n) is 6.74. The van der Waals surface area contributed by atoms with Gasteiger partial charge in [0.25, 0.3) is 17.7 Å². The van der Waals surface area contributed by atoms with Crippen LogP contribution in [0.4, 0.5) is 0 Å². The summed E-state index contributed by atoms with van der Waals surface area (Å²) < 4.78 is 22.6. The number of methoxy groups -OCH3 is 1. The summed E-state index contributed by atoms with van der Waals surface area (Å²) in [7, 11) is 1.48. The van der Waals surface area contributed by atoms with Crippen molar-refractivity contribution in [2.24, 2.45) is 5.92 Å². The highest BCUT2D eigenvalue weighted by Gasteiger charge is 2.39. The molecule has 1 fully saturated rings. The zero-order valence-corrected chi connectivity index (χ0v) is 22.6. The summed E-state index contributed by atoms with van der Waals surface area (Å²) in [6, 6.07) is 13.2. The summed E-state index contributed by atoms with van der Waals surface area (Å²) in [5, 5.41) is 9.85. The average Bonchev–Trinajstić information content (AvgIpc) is 3.57. The molecule has 11 nitrogen and oxygen atoms in total. The van der Waals surface area contributed by atoms with Crippen LogP contribution in [0.5, 0.6) is 17.2 Å². The smallest absolute Gasteiger partial charge is 0.292 e. The molecule has 11 heteroatoms. The number of carbonyl (C=O) groups excluding carboxylic acids is 3. The monoisotopic (exact) mass is 548 g/mol. The minimum absolute atomic E-state index is 0.152. The average molecular weight is 549 g/mol. The van der Waals surface area contributed by atoms with Crippen LogP contribution in [0.2, 0.25) is 0 Å². The molecule has 0 aliphatic carbocycles. The van der Waals surface area contributed by atoms with Crippen molar-refractivity contribution in [2.75, 3.05) is 26.8 Å². The van der Waals surface area contributed by atoms with Crippen LogP contribution in [0.1, 0.15) is 46.0 Å². The molecule has 6 rings (SSSR count). The van der Waals surface area contributed by atoms with Gasteiger partial charge in [0.1, 0.15) is 11.9 Å². The maximum atomic E-state index is 13.3. The molecule has 0 radical (unpaired) electrons. The minimum Gasteiger partial charge on any atom is -0.493 e. The Morgan fingerprint density at radius 1 is 1.12 bits per heavy atom. The number of rotatable bonds is 4. The second-order valence-electron chi connectivity index (χ2n) is 10.3. The molecule has 0 unspecified atom stereocenters. The van der Waals surface area contributed by atoms with Gasteiger partial charge in [-0.2, -0.15) is 0 Å². The van der Waals surface area contributed by atoms with E-state index < -0.39 is 12.1 Å². The van der Waals surface area contributed by atoms with Gasteiger partial charge in [-0.15, -0.1) is 0 Å². The molecule has 4 bridgehead atoms. The molecule has 0 spiro atoms. The van der Waals surface area contributed by atoms with Crippen LogP contribution in [0.3, 0.4) is 0 Å². The van der Waals surface area contributed by atoms with E-state index in [4.69, 9.17) is 18.7 Å². The van der Waals surface area contributed by atoms with E-state index >= 15 is 0 Å². The van der Waals surface area contributed by atoms with Crippen molar-refractivity contribution in [1.82, 2.24) is 20.7 Å². The predicted octanol–water partition coefficient (Wildman–Crippen LogP) is 2.59. The molecule has 3 aromatic rings. The third-order valence-corrected chi connectivity index (χ3v) is 6.74. The van der Waals surface area contributed by atoms with Crippen molar-refractivity contribution in [3.63, 3.8) is 0 Å². The first kappa shape index (κ1) is 27.0. The van der Waals surface area contributed by atoms with Gasteiger partial charge in [0.15, 0.2) is 18.1 Å². The van der Waals surface area contributed by atoms with Gasteiger partial charge in [0, 0.05) is 24.7 Å². The van der Waals surface area contributed by atoms with E-state index in [1.165, 1.54) is 13.2 Å². The van der Waals surface area contributed by atoms with Crippen molar-refractivity contribution in [1.29, 1.82) is 0 Å². The summed E-state index contributed by atoms with van der Waals surface area (Å²) >= 11 is 0. The first-order valence-corrected chi connectivity index (χ1v) is 13.2. The molecule has 3 amide bonds. The molecule has 3 aliphatic rings. The van der Waals surface area contributed by atoms with E-state index in [0.717, 1.165) is 11.3 Å². The van der Waals surface area contributed by atoms with Crippen molar-refractivity contribution < 1.29 is 33.1 Å². The standard InChI is InChI=1S/C29H32N4O7/c1-17(2)10-20-12-25(40-32-20)29(36)33-14-22-26(15-33)39-21-7-4-18(5-8-21)13-30-27(34)16-38-24-11-19(28(35)31-22)6-9-23(24)37-3/h4-9,11-12,17,22,26H,10,13-16H2,1-3H3,(H,30,34)(H,31,35)/t22-,26-/m0/s1. The highest BCUT2D eigenvalue weighted by atomic mass is 16.5. The van der Waals surface area contributed by atoms with Crippen LogP contribution < -0.4 is 24.8 Å². The number of carbonyl (C=O) groups is 3. The minimum atomic E-state index is -0.527. The molecule has 3 aliphatic heterocycles. The number of ether oxygens (including phenoxy) is 3. The van der Waals surface area contributed by atoms with Gasteiger partial charge >= 0.3 is 0 Å². The Balaban J connectivity index is 1.41. The maximum absolute atomic E-state index is 13.3. The lowest BCUT2D eigenvalue weighted by Gasteiger charge is -2.21. The lowest BCUT2D eigenvalue weighted by Crippen LogP contribution is -2.45. The fourth-order valence-electron chi connectivity index (χ4n) is 4.72. The Hall–Kier alpha value is -4.54. The fraction of sp³-hybridized carbons (Fsp3) is 0.379. The number of nitrogens with one attached hydrogen (secondary N) is 2. The fourth-order valence-corrected chi connectivity index (χ4v) is 4.72. The number of amides is 3. The quantitative estimate of drug-likeness (QED) is 0.509. The molecule has 2 atom stereocenters. The lowest BCUT2D eigenvalue weighted by molar-refractivity contribution is -0.123. The number of likely N-dealkylation sites (tertiary alicyclic amines) is 1. The Labute approximate surface area is 231 Å². The number of benzene rings is 2. The number of fused-ring (bicyclic) bond motifs is 7. The van der Waals surface area contributed by atoms with Crippen LogP contribution in [-0.4, -0.2) is 66.7 Å². The predicted molar refractivity (Wildman–Crippen MR) is 143 cm³/mol. The number of hydrogen-bond donors (Lipinski definition) is 2. The van der Waals surface area contributed by atoms with E-state index in [0.29, 0.717) is 35.9 Å². The van der Waals surface area contributed by atoms with Crippen molar-refractivity contribution in [3.05, 3.63) is 71.1 Å². The molecule has 40 heavy (non-hydrogen) atoms. The van der Waals surface area contributed by atoms with E-state index in [2.05, 4.69) is 29.6 Å². The van der Waals surface area contributed by atoms with Crippen molar-refractivity contribution in [3.8, 4) is 17.2 Å². The topological polar surface area (TPSA) is 132 Å². The Morgan fingerprint density at radius 2 is 1.93 bits per heavy atom. The lowest BCUT2D eigenvalue weighted by atomic mass is 10.1. The van der Waals surface area contributed by atoms with Crippen molar-refractivity contribution >= 4 is 17.7 Å². The Bertz CT molecular complexity index is 1390. The zero-order chi connectivity index (χ0) is 28.2. The van der Waals surface area contributed by atoms with E-state index in [1.807, 2.05) is 12.1 Å². The van der Waals surface area contributed by atoms with Crippen LogP contribution in [0.25, 0.3) is 0 Å². The molecule has 4 heterocycles. The van der Waals surface area contributed by atoms with Crippen LogP contribution in [0.15, 0.2) is 53.1 Å². The molecule has 1 aromatic heterocycles. The van der Waals surface area contributed by atoms with Crippen molar-refractivity contribution in [2.45, 2.75) is 39.0 Å². The molecular formula is C29H32N4O7. The van der Waals surface area contributed by atoms with Gasteiger partial charge in [-0.25, -0.2) is 0 Å². The van der Waals surface area contributed by atoms with Gasteiger partial charge < -0.3 is 34.3 Å². The summed E-state index contributed by atoms with van der Waals surface area (Å²) in [6.07, 6.45) is 0.176. The molecule has 2 N–H and O–H groups in total. The Kier molecular flexibility index (Phi) is 7.90. The molecule has 1 saturated heterocycles. The molecule has 2 aromatic carbocycles. The molecule has 0 saturated carbocycles. The largest absolute Gasteiger partial charge is 0.493 e. The van der Waals surface area contributed by atoms with E-state index in [9.17, 15) is 14.4 Å². The van der Waals surface area contributed by atoms with Gasteiger partial charge in [-0.3, -0.25) is 14.4 Å². The summed E-state index contributed by atoms with van der Waals surface area (Å²) in [6.45, 7) is 4.65. The van der Waals surface area contributed by atoms with Gasteiger partial charge in [-0.1, -0.05) is 31.1 Å². The molecule has 210 valence electrons. The highest BCUT2D eigenvalue weighted by Crippen LogP contribution is 2.29. The van der Waals surface area contributed by atoms with E-state index in [-0.39, 0.29) is 48.9 Å². The second-order valence-corrected chi connectivity index (χ2v) is 10.3. The third kappa shape index (κ3) is 6.19. The zero-order valence-electron chi connectivity index (χ0n) is 22.6. The summed E-state index contributed by atoms with van der Waals surface area (Å²) in [5.74, 6) is 0.731. The van der Waals surface area contributed by atoms with Gasteiger partial charge in [-0.05, 0) is 48.2 Å². The highest BCUT2D eigenvalue weighted by molar-refractivity contribution is 5.95. The van der Waals surface area contributed by atoms with Gasteiger partial charge in [0.05, 0.1) is 25.4 Å². The van der Waals surface area contributed by atoms with Crippen LogP contribution in [0, 0.1) is 5.92 Å². The SMILES string of the molecule is COc1ccc2cc1OCC(=O)NCc1ccc(cc1)O[C@H]1CN(C(=O)c3cc(CC(C)C)no3)C[C@@H]1NC2=O. The number of aromatic nitrogens is 1. The first-order chi connectivity index (χ1) is 19.3. The first-order valence-electron chi connectivity index (χ1n) is 13.2. The van der Waals surface area contributed by atoms with Gasteiger partial charge in [0.2, 0.25) is 5.76 Å². The number of nitrogens with zero attached hydrogens (tertiary/aromatic N) is 2. The maximum Gasteiger partial charge on any atom is 0.292 e. The molecular weight excluding hydrogens is 516 g/mol. The normalized spacial score (nSPS) is 19.2. The second kappa shape index (κ2) is 11.7. The Morgan fingerprint density at radius 3 is 2.67 bits per heavy atom. The number of hydrogen-bond acceptors (Lipinski definition) is 8. The summed E-state index contributed by atoms with van der Waals surface area (Å²) in [5.41, 5.74) is 1.90. The van der Waals surface area contributed by atoms with Crippen LogP contribution in [-0.2, 0) is 17.8 Å². The summed E-state index contributed by atoms with van der Waals surface area (Å²) in [4.78, 5) is 40.6.